The molecule has 0 bridgehead atoms. The van der Waals surface area contributed by atoms with Crippen LogP contribution in [0, 0.1) is 11.3 Å². The zero-order valence-corrected chi connectivity index (χ0v) is 9.87. The van der Waals surface area contributed by atoms with E-state index >= 15 is 0 Å². The van der Waals surface area contributed by atoms with E-state index in [0.717, 1.165) is 0 Å². The Morgan fingerprint density at radius 3 is 2.47 bits per heavy atom. The number of halogens is 2. The average molecular weight is 269 g/mol. The number of nitrogen functional groups attached to an aromatic ring is 1. The van der Waals surface area contributed by atoms with E-state index in [1.54, 1.807) is 12.1 Å². The highest BCUT2D eigenvalue weighted by molar-refractivity contribution is 6.37. The molecule has 17 heavy (non-hydrogen) atoms. The van der Waals surface area contributed by atoms with E-state index in [1.165, 1.54) is 11.1 Å². The first kappa shape index (κ1) is 11.5. The van der Waals surface area contributed by atoms with Gasteiger partial charge in [0.2, 0.25) is 5.95 Å². The normalized spacial score (nSPS) is 9.94. The minimum Gasteiger partial charge on any atom is -0.367 e. The summed E-state index contributed by atoms with van der Waals surface area (Å²) in [5.41, 5.74) is 9.13. The van der Waals surface area contributed by atoms with Crippen LogP contribution < -0.4 is 11.2 Å². The fourth-order valence-corrected chi connectivity index (χ4v) is 1.77. The van der Waals surface area contributed by atoms with Crippen LogP contribution in [0.15, 0.2) is 18.5 Å². The van der Waals surface area contributed by atoms with Crippen molar-refractivity contribution in [1.82, 2.24) is 14.9 Å². The van der Waals surface area contributed by atoms with Crippen LogP contribution in [0.1, 0.15) is 5.56 Å². The van der Waals surface area contributed by atoms with Crippen molar-refractivity contribution >= 4 is 34.8 Å². The molecule has 2 aromatic rings. The molecule has 2 rings (SSSR count). The molecule has 1 aromatic carbocycles. The van der Waals surface area contributed by atoms with Crippen LogP contribution in [0.2, 0.25) is 10.0 Å². The summed E-state index contributed by atoms with van der Waals surface area (Å²) in [6.45, 7) is 0. The molecule has 0 aliphatic heterocycles. The minimum atomic E-state index is 0.196. The molecule has 0 fully saturated rings. The SMILES string of the molecule is N#Cc1c(Cl)cc(Nn2ncnc2N)cc1Cl. The van der Waals surface area contributed by atoms with Gasteiger partial charge < -0.3 is 5.73 Å². The van der Waals surface area contributed by atoms with E-state index in [9.17, 15) is 0 Å². The molecule has 0 spiro atoms. The third-order valence-electron chi connectivity index (χ3n) is 1.96. The minimum absolute atomic E-state index is 0.196. The Morgan fingerprint density at radius 2 is 2.00 bits per heavy atom. The van der Waals surface area contributed by atoms with Crippen molar-refractivity contribution in [3.05, 3.63) is 34.1 Å². The Kier molecular flexibility index (Phi) is 3.04. The van der Waals surface area contributed by atoms with E-state index in [2.05, 4.69) is 15.5 Å². The van der Waals surface area contributed by atoms with E-state index in [1.807, 2.05) is 6.07 Å². The summed E-state index contributed by atoms with van der Waals surface area (Å²) < 4.78 is 0. The number of nitrogens with zero attached hydrogens (tertiary/aromatic N) is 4. The molecule has 0 unspecified atom stereocenters. The van der Waals surface area contributed by atoms with Crippen LogP contribution in [0.4, 0.5) is 11.6 Å². The van der Waals surface area contributed by atoms with Gasteiger partial charge >= 0.3 is 0 Å². The highest BCUT2D eigenvalue weighted by atomic mass is 35.5. The zero-order valence-electron chi connectivity index (χ0n) is 8.35. The average Bonchev–Trinajstić information content (AvgIpc) is 2.64. The molecule has 1 aromatic heterocycles. The number of hydrogen-bond acceptors (Lipinski definition) is 5. The smallest absolute Gasteiger partial charge is 0.239 e. The molecule has 86 valence electrons. The summed E-state index contributed by atoms with van der Waals surface area (Å²) in [5, 5.41) is 13.1. The largest absolute Gasteiger partial charge is 0.367 e. The third-order valence-corrected chi connectivity index (χ3v) is 2.56. The molecule has 0 aliphatic rings. The first-order chi connectivity index (χ1) is 8.11. The first-order valence-electron chi connectivity index (χ1n) is 4.43. The van der Waals surface area contributed by atoms with Crippen molar-refractivity contribution in [3.8, 4) is 6.07 Å². The lowest BCUT2D eigenvalue weighted by atomic mass is 10.2. The molecule has 8 heteroatoms. The Bertz CT molecular complexity index is 577. The maximum atomic E-state index is 8.80. The van der Waals surface area contributed by atoms with Gasteiger partial charge in [-0.2, -0.15) is 10.2 Å². The molecule has 0 aliphatic carbocycles. The number of nitrogens with two attached hydrogens (primary N) is 1. The number of rotatable bonds is 2. The Labute approximate surface area is 107 Å². The number of nitriles is 1. The maximum absolute atomic E-state index is 8.80. The van der Waals surface area contributed by atoms with Crippen LogP contribution in [-0.4, -0.2) is 14.9 Å². The second-order valence-corrected chi connectivity index (χ2v) is 3.88. The van der Waals surface area contributed by atoms with Gasteiger partial charge in [0.1, 0.15) is 12.4 Å². The summed E-state index contributed by atoms with van der Waals surface area (Å²) in [4.78, 5) is 5.00. The monoisotopic (exact) mass is 268 g/mol. The lowest BCUT2D eigenvalue weighted by Gasteiger charge is -2.08. The maximum Gasteiger partial charge on any atom is 0.239 e. The van der Waals surface area contributed by atoms with Crippen LogP contribution >= 0.6 is 23.2 Å². The number of nitrogens with one attached hydrogen (secondary N) is 1. The van der Waals surface area contributed by atoms with Crippen molar-refractivity contribution in [2.24, 2.45) is 0 Å². The molecule has 0 atom stereocenters. The van der Waals surface area contributed by atoms with Crippen LogP contribution in [0.5, 0.6) is 0 Å². The van der Waals surface area contributed by atoms with Gasteiger partial charge in [-0.05, 0) is 12.1 Å². The van der Waals surface area contributed by atoms with Crippen molar-refractivity contribution in [1.29, 1.82) is 5.26 Å². The van der Waals surface area contributed by atoms with Gasteiger partial charge in [0.25, 0.3) is 0 Å². The molecule has 3 N–H and O–H groups in total. The van der Waals surface area contributed by atoms with Gasteiger partial charge in [0.05, 0.1) is 21.3 Å². The second-order valence-electron chi connectivity index (χ2n) is 3.07. The molecule has 0 saturated heterocycles. The van der Waals surface area contributed by atoms with E-state index in [-0.39, 0.29) is 21.6 Å². The van der Waals surface area contributed by atoms with E-state index in [4.69, 9.17) is 34.2 Å². The van der Waals surface area contributed by atoms with Crippen molar-refractivity contribution < 1.29 is 0 Å². The van der Waals surface area contributed by atoms with Crippen molar-refractivity contribution in [3.63, 3.8) is 0 Å². The summed E-state index contributed by atoms with van der Waals surface area (Å²) in [7, 11) is 0. The van der Waals surface area contributed by atoms with Crippen molar-refractivity contribution in [2.75, 3.05) is 11.2 Å². The molecule has 0 saturated carbocycles. The zero-order chi connectivity index (χ0) is 12.4. The summed E-state index contributed by atoms with van der Waals surface area (Å²) >= 11 is 11.8. The quantitative estimate of drug-likeness (QED) is 0.868. The fraction of sp³-hybridized carbons (Fsp3) is 0. The van der Waals surface area contributed by atoms with E-state index in [0.29, 0.717) is 5.69 Å². The summed E-state index contributed by atoms with van der Waals surface area (Å²) in [6.07, 6.45) is 1.30. The van der Waals surface area contributed by atoms with Gasteiger partial charge in [0.15, 0.2) is 0 Å². The first-order valence-corrected chi connectivity index (χ1v) is 5.19. The molecule has 1 heterocycles. The highest BCUT2D eigenvalue weighted by Gasteiger charge is 2.08. The van der Waals surface area contributed by atoms with Crippen LogP contribution in [-0.2, 0) is 0 Å². The third kappa shape index (κ3) is 2.25. The standard InChI is InChI=1S/C9H6Cl2N6/c10-7-1-5(2-8(11)6(7)3-12)16-17-9(13)14-4-15-17/h1-2,4,16H,(H2,13,14,15). The molecule has 0 radical (unpaired) electrons. The van der Waals surface area contributed by atoms with E-state index < -0.39 is 0 Å². The van der Waals surface area contributed by atoms with Gasteiger partial charge in [-0.15, -0.1) is 9.89 Å². The van der Waals surface area contributed by atoms with Crippen LogP contribution in [0.25, 0.3) is 0 Å². The number of benzene rings is 1. The topological polar surface area (TPSA) is 92.5 Å². The van der Waals surface area contributed by atoms with Gasteiger partial charge in [-0.1, -0.05) is 23.2 Å². The lowest BCUT2D eigenvalue weighted by molar-refractivity contribution is 0.814. The Balaban J connectivity index is 2.36. The highest BCUT2D eigenvalue weighted by Crippen LogP contribution is 2.28. The molecular weight excluding hydrogens is 263 g/mol. The van der Waals surface area contributed by atoms with Gasteiger partial charge in [0, 0.05) is 0 Å². The summed E-state index contributed by atoms with van der Waals surface area (Å²) in [6, 6.07) is 5.01. The molecule has 6 nitrogen and oxygen atoms in total. The molecular formula is C9H6Cl2N6. The Morgan fingerprint density at radius 1 is 1.35 bits per heavy atom. The van der Waals surface area contributed by atoms with Gasteiger partial charge in [-0.25, -0.2) is 0 Å². The lowest BCUT2D eigenvalue weighted by Crippen LogP contribution is -2.14. The molecule has 0 amide bonds. The predicted molar refractivity (Wildman–Crippen MR) is 64.6 cm³/mol. The Hall–Kier alpha value is -1.97. The summed E-state index contributed by atoms with van der Waals surface area (Å²) in [5.74, 6) is 0.196. The number of anilines is 2. The predicted octanol–water partition coefficient (Wildman–Crippen LogP) is 1.91. The van der Waals surface area contributed by atoms with Crippen LogP contribution in [0.3, 0.4) is 0 Å². The van der Waals surface area contributed by atoms with Gasteiger partial charge in [-0.3, -0.25) is 5.43 Å². The second kappa shape index (κ2) is 4.49. The fourth-order valence-electron chi connectivity index (χ4n) is 1.20. The van der Waals surface area contributed by atoms with Crippen molar-refractivity contribution in [2.45, 2.75) is 0 Å². The number of aromatic nitrogens is 3. The number of hydrogen-bond donors (Lipinski definition) is 2.